The van der Waals surface area contributed by atoms with Crippen LogP contribution in [-0.2, 0) is 0 Å². The van der Waals surface area contributed by atoms with Crippen LogP contribution >= 0.6 is 0 Å². The Bertz CT molecular complexity index is 1050. The van der Waals surface area contributed by atoms with Gasteiger partial charge in [-0.2, -0.15) is 0 Å². The Kier molecular flexibility index (Phi) is 2.73. The van der Waals surface area contributed by atoms with Gasteiger partial charge in [-0.3, -0.25) is 4.98 Å². The molecule has 0 saturated carbocycles. The number of hydrogen-bond donors (Lipinski definition) is 2. The second-order valence-electron chi connectivity index (χ2n) is 6.00. The standard InChI is InChI=1S/C20H14FN3/c21-13-8-6-12(7-9-13)19-15-11-23-16-4-1-3-14(18(15)16)20-17(24-19)5-2-10-22-20/h1-11,19,23-24H. The van der Waals surface area contributed by atoms with Crippen molar-refractivity contribution in [3.8, 4) is 11.3 Å². The van der Waals surface area contributed by atoms with Crippen molar-refractivity contribution in [1.29, 1.82) is 0 Å². The van der Waals surface area contributed by atoms with Gasteiger partial charge in [0.1, 0.15) is 5.82 Å². The zero-order valence-electron chi connectivity index (χ0n) is 12.8. The Morgan fingerprint density at radius 3 is 2.71 bits per heavy atom. The lowest BCUT2D eigenvalue weighted by Crippen LogP contribution is -2.11. The van der Waals surface area contributed by atoms with Crippen LogP contribution in [0.15, 0.2) is 67.0 Å². The Morgan fingerprint density at radius 1 is 0.958 bits per heavy atom. The molecule has 3 nitrogen and oxygen atoms in total. The molecule has 4 aromatic rings. The van der Waals surface area contributed by atoms with Crippen LogP contribution < -0.4 is 5.32 Å². The molecule has 1 aliphatic rings. The van der Waals surface area contributed by atoms with E-state index in [9.17, 15) is 4.39 Å². The number of aromatic amines is 1. The second kappa shape index (κ2) is 4.93. The number of rotatable bonds is 1. The second-order valence-corrected chi connectivity index (χ2v) is 6.00. The molecular formula is C20H14FN3. The molecule has 2 N–H and O–H groups in total. The van der Waals surface area contributed by atoms with Crippen LogP contribution in [0.25, 0.3) is 22.2 Å². The topological polar surface area (TPSA) is 40.7 Å². The first-order chi connectivity index (χ1) is 11.8. The average molecular weight is 315 g/mol. The fraction of sp³-hybridized carbons (Fsp3) is 0.0500. The van der Waals surface area contributed by atoms with Gasteiger partial charge in [0.15, 0.2) is 0 Å². The highest BCUT2D eigenvalue weighted by molar-refractivity contribution is 6.01. The molecule has 3 heterocycles. The maximum atomic E-state index is 13.3. The van der Waals surface area contributed by atoms with Crippen molar-refractivity contribution in [3.05, 3.63) is 83.9 Å². The third-order valence-electron chi connectivity index (χ3n) is 4.61. The number of halogens is 1. The molecule has 0 bridgehead atoms. The Hall–Kier alpha value is -3.14. The number of pyridine rings is 1. The fourth-order valence-electron chi connectivity index (χ4n) is 3.52. The minimum Gasteiger partial charge on any atom is -0.372 e. The molecule has 0 radical (unpaired) electrons. The molecule has 24 heavy (non-hydrogen) atoms. The number of anilines is 1. The quantitative estimate of drug-likeness (QED) is 0.525. The lowest BCUT2D eigenvalue weighted by molar-refractivity contribution is 0.626. The number of hydrogen-bond acceptors (Lipinski definition) is 2. The van der Waals surface area contributed by atoms with Crippen molar-refractivity contribution >= 4 is 16.6 Å². The molecule has 0 aliphatic carbocycles. The van der Waals surface area contributed by atoms with E-state index in [2.05, 4.69) is 27.4 Å². The highest BCUT2D eigenvalue weighted by Crippen LogP contribution is 2.42. The number of nitrogens with zero attached hydrogens (tertiary/aromatic N) is 1. The zero-order valence-corrected chi connectivity index (χ0v) is 12.8. The highest BCUT2D eigenvalue weighted by atomic mass is 19.1. The molecule has 0 spiro atoms. The molecule has 116 valence electrons. The van der Waals surface area contributed by atoms with Gasteiger partial charge < -0.3 is 10.3 Å². The zero-order chi connectivity index (χ0) is 16.1. The van der Waals surface area contributed by atoms with Crippen molar-refractivity contribution in [2.75, 3.05) is 5.32 Å². The van der Waals surface area contributed by atoms with E-state index in [1.165, 1.54) is 12.1 Å². The van der Waals surface area contributed by atoms with Crippen molar-refractivity contribution in [2.45, 2.75) is 6.04 Å². The van der Waals surface area contributed by atoms with E-state index in [-0.39, 0.29) is 11.9 Å². The summed E-state index contributed by atoms with van der Waals surface area (Å²) in [4.78, 5) is 7.94. The molecule has 2 aromatic heterocycles. The van der Waals surface area contributed by atoms with Gasteiger partial charge in [-0.15, -0.1) is 0 Å². The van der Waals surface area contributed by atoms with Crippen molar-refractivity contribution in [1.82, 2.24) is 9.97 Å². The van der Waals surface area contributed by atoms with Crippen molar-refractivity contribution < 1.29 is 4.39 Å². The summed E-state index contributed by atoms with van der Waals surface area (Å²) >= 11 is 0. The van der Waals surface area contributed by atoms with Gasteiger partial charge in [0.05, 0.1) is 17.4 Å². The Morgan fingerprint density at radius 2 is 1.83 bits per heavy atom. The summed E-state index contributed by atoms with van der Waals surface area (Å²) in [6, 6.07) is 16.8. The summed E-state index contributed by atoms with van der Waals surface area (Å²) in [7, 11) is 0. The first-order valence-electron chi connectivity index (χ1n) is 7.88. The predicted octanol–water partition coefficient (Wildman–Crippen LogP) is 4.88. The van der Waals surface area contributed by atoms with Crippen LogP contribution in [0.1, 0.15) is 17.2 Å². The van der Waals surface area contributed by atoms with Crippen LogP contribution in [-0.4, -0.2) is 9.97 Å². The number of benzene rings is 2. The maximum absolute atomic E-state index is 13.3. The van der Waals surface area contributed by atoms with Crippen molar-refractivity contribution in [2.24, 2.45) is 0 Å². The average Bonchev–Trinajstić information content (AvgIpc) is 2.98. The summed E-state index contributed by atoms with van der Waals surface area (Å²) in [6.07, 6.45) is 3.84. The molecule has 4 heteroatoms. The van der Waals surface area contributed by atoms with Crippen LogP contribution in [0.2, 0.25) is 0 Å². The molecule has 0 saturated heterocycles. The van der Waals surface area contributed by atoms with Crippen LogP contribution in [0.5, 0.6) is 0 Å². The first-order valence-corrected chi connectivity index (χ1v) is 7.88. The molecule has 2 aromatic carbocycles. The molecular weight excluding hydrogens is 301 g/mol. The molecule has 0 fully saturated rings. The minimum atomic E-state index is -0.228. The highest BCUT2D eigenvalue weighted by Gasteiger charge is 2.25. The summed E-state index contributed by atoms with van der Waals surface area (Å²) in [5.41, 5.74) is 6.27. The summed E-state index contributed by atoms with van der Waals surface area (Å²) in [5.74, 6) is -0.228. The number of nitrogens with one attached hydrogen (secondary N) is 2. The summed E-state index contributed by atoms with van der Waals surface area (Å²) in [5, 5.41) is 4.75. The van der Waals surface area contributed by atoms with E-state index < -0.39 is 0 Å². The van der Waals surface area contributed by atoms with Gasteiger partial charge in [-0.25, -0.2) is 4.39 Å². The normalized spacial score (nSPS) is 15.6. The van der Waals surface area contributed by atoms with Crippen LogP contribution in [0, 0.1) is 5.82 Å². The van der Waals surface area contributed by atoms with Crippen LogP contribution in [0.3, 0.4) is 0 Å². The summed E-state index contributed by atoms with van der Waals surface area (Å²) in [6.45, 7) is 0. The Balaban J connectivity index is 1.83. The van der Waals surface area contributed by atoms with E-state index in [1.54, 1.807) is 0 Å². The number of H-pyrrole nitrogens is 1. The smallest absolute Gasteiger partial charge is 0.123 e. The van der Waals surface area contributed by atoms with Crippen LogP contribution in [0.4, 0.5) is 10.1 Å². The summed E-state index contributed by atoms with van der Waals surface area (Å²) < 4.78 is 13.3. The fourth-order valence-corrected chi connectivity index (χ4v) is 3.52. The van der Waals surface area contributed by atoms with Crippen molar-refractivity contribution in [3.63, 3.8) is 0 Å². The largest absolute Gasteiger partial charge is 0.372 e. The van der Waals surface area contributed by atoms with E-state index >= 15 is 0 Å². The molecule has 0 amide bonds. The molecule has 1 unspecified atom stereocenters. The van der Waals surface area contributed by atoms with E-state index in [0.717, 1.165) is 39.0 Å². The van der Waals surface area contributed by atoms with E-state index in [1.807, 2.05) is 42.7 Å². The van der Waals surface area contributed by atoms with E-state index in [0.29, 0.717) is 0 Å². The van der Waals surface area contributed by atoms with E-state index in [4.69, 9.17) is 0 Å². The lowest BCUT2D eigenvalue weighted by Gasteiger charge is -2.19. The lowest BCUT2D eigenvalue weighted by atomic mass is 9.96. The molecule has 1 atom stereocenters. The molecule has 1 aliphatic heterocycles. The first kappa shape index (κ1) is 13.3. The van der Waals surface area contributed by atoms with Gasteiger partial charge in [-0.05, 0) is 35.9 Å². The van der Waals surface area contributed by atoms with Gasteiger partial charge >= 0.3 is 0 Å². The van der Waals surface area contributed by atoms with Gasteiger partial charge in [0, 0.05) is 34.4 Å². The van der Waals surface area contributed by atoms with Gasteiger partial charge in [0.25, 0.3) is 0 Å². The van der Waals surface area contributed by atoms with Gasteiger partial charge in [-0.1, -0.05) is 24.3 Å². The SMILES string of the molecule is Fc1ccc(C2Nc3cccnc3-c3cccc4[nH]cc2c34)cc1. The monoisotopic (exact) mass is 315 g/mol. The van der Waals surface area contributed by atoms with Gasteiger partial charge in [0.2, 0.25) is 0 Å². The Labute approximate surface area is 138 Å². The number of fused-ring (bicyclic) bond motifs is 2. The maximum Gasteiger partial charge on any atom is 0.123 e. The number of aromatic nitrogens is 2. The third-order valence-corrected chi connectivity index (χ3v) is 4.61. The predicted molar refractivity (Wildman–Crippen MR) is 93.4 cm³/mol. The molecule has 5 rings (SSSR count). The third kappa shape index (κ3) is 1.86. The minimum absolute atomic E-state index is 0.0639.